The Morgan fingerprint density at radius 3 is 2.47 bits per heavy atom. The Labute approximate surface area is 194 Å². The number of carbonyl (C=O) groups excluding carboxylic acids is 1. The second-order valence-electron chi connectivity index (χ2n) is 8.15. The van der Waals surface area contributed by atoms with Crippen molar-refractivity contribution in [3.8, 4) is 0 Å². The fraction of sp³-hybridized carbons (Fsp3) is 0.409. The van der Waals surface area contributed by atoms with Crippen LogP contribution in [-0.4, -0.2) is 46.4 Å². The van der Waals surface area contributed by atoms with Crippen LogP contribution in [0.15, 0.2) is 53.4 Å². The molecule has 0 aliphatic carbocycles. The summed E-state index contributed by atoms with van der Waals surface area (Å²) in [5, 5.41) is 3.40. The Hall–Kier alpha value is -1.94. The van der Waals surface area contributed by atoms with Crippen molar-refractivity contribution in [1.29, 1.82) is 0 Å². The number of rotatable bonds is 7. The quantitative estimate of drug-likeness (QED) is 0.632. The lowest BCUT2D eigenvalue weighted by molar-refractivity contribution is -0.126. The van der Waals surface area contributed by atoms with E-state index >= 15 is 0 Å². The largest absolute Gasteiger partial charge is 0.349 e. The molecule has 0 spiro atoms. The predicted molar refractivity (Wildman–Crippen MR) is 124 cm³/mol. The van der Waals surface area contributed by atoms with E-state index in [-0.39, 0.29) is 29.1 Å². The molecule has 3 rings (SSSR count). The van der Waals surface area contributed by atoms with Crippen molar-refractivity contribution in [3.63, 3.8) is 0 Å². The van der Waals surface area contributed by atoms with Crippen molar-refractivity contribution in [2.45, 2.75) is 36.5 Å². The number of nitrogens with one attached hydrogen (secondary N) is 1. The lowest BCUT2D eigenvalue weighted by Gasteiger charge is -2.32. The van der Waals surface area contributed by atoms with Gasteiger partial charge in [-0.05, 0) is 55.2 Å². The van der Waals surface area contributed by atoms with E-state index in [2.05, 4.69) is 5.32 Å². The number of benzene rings is 2. The van der Waals surface area contributed by atoms with Crippen LogP contribution in [0, 0.1) is 5.92 Å². The maximum Gasteiger partial charge on any atom is 0.224 e. The Balaban J connectivity index is 1.63. The highest BCUT2D eigenvalue weighted by molar-refractivity contribution is 7.90. The van der Waals surface area contributed by atoms with Crippen LogP contribution in [0.2, 0.25) is 5.02 Å². The molecule has 1 amide bonds. The zero-order valence-electron chi connectivity index (χ0n) is 18.0. The van der Waals surface area contributed by atoms with Gasteiger partial charge in [-0.15, -0.1) is 0 Å². The highest BCUT2D eigenvalue weighted by Gasteiger charge is 2.33. The fourth-order valence-electron chi connectivity index (χ4n) is 3.76. The maximum absolute atomic E-state index is 12.9. The van der Waals surface area contributed by atoms with E-state index in [1.165, 1.54) is 16.4 Å². The minimum Gasteiger partial charge on any atom is -0.349 e. The molecule has 0 saturated carbocycles. The van der Waals surface area contributed by atoms with E-state index in [0.717, 1.165) is 11.8 Å². The first-order chi connectivity index (χ1) is 15.0. The average molecular weight is 499 g/mol. The number of amides is 1. The van der Waals surface area contributed by atoms with E-state index in [4.69, 9.17) is 11.6 Å². The number of hydrogen-bond acceptors (Lipinski definition) is 5. The first-order valence-electron chi connectivity index (χ1n) is 10.3. The van der Waals surface area contributed by atoms with E-state index in [0.29, 0.717) is 30.0 Å². The number of carbonyl (C=O) groups is 1. The summed E-state index contributed by atoms with van der Waals surface area (Å²) in [5.41, 5.74) is 1.38. The van der Waals surface area contributed by atoms with Gasteiger partial charge in [0.15, 0.2) is 9.84 Å². The van der Waals surface area contributed by atoms with E-state index in [9.17, 15) is 21.6 Å². The van der Waals surface area contributed by atoms with E-state index in [1.807, 2.05) is 6.92 Å². The maximum atomic E-state index is 12.9. The predicted octanol–water partition coefficient (Wildman–Crippen LogP) is 3.16. The second kappa shape index (κ2) is 9.91. The Morgan fingerprint density at radius 2 is 1.84 bits per heavy atom. The van der Waals surface area contributed by atoms with Crippen molar-refractivity contribution in [2.75, 3.05) is 19.3 Å². The minimum atomic E-state index is -3.58. The van der Waals surface area contributed by atoms with Crippen molar-refractivity contribution in [2.24, 2.45) is 5.92 Å². The van der Waals surface area contributed by atoms with Crippen LogP contribution in [0.5, 0.6) is 0 Å². The first-order valence-corrected chi connectivity index (χ1v) is 14.2. The lowest BCUT2D eigenvalue weighted by Crippen LogP contribution is -2.46. The van der Waals surface area contributed by atoms with Crippen molar-refractivity contribution in [3.05, 3.63) is 64.7 Å². The van der Waals surface area contributed by atoms with Gasteiger partial charge in [0.1, 0.15) is 0 Å². The van der Waals surface area contributed by atoms with Gasteiger partial charge in [0.05, 0.1) is 22.6 Å². The van der Waals surface area contributed by atoms with Gasteiger partial charge in [0.25, 0.3) is 0 Å². The van der Waals surface area contributed by atoms with Crippen molar-refractivity contribution >= 4 is 37.4 Å². The molecule has 2 aromatic rings. The SMILES string of the molecule is C[C@H](NC(=O)[C@H]1CCCN(S(=O)(=O)Cc2cccc(Cl)c2)C1)c1ccc(S(C)(=O)=O)cc1. The van der Waals surface area contributed by atoms with Gasteiger partial charge in [-0.3, -0.25) is 4.79 Å². The van der Waals surface area contributed by atoms with E-state index in [1.54, 1.807) is 36.4 Å². The highest BCUT2D eigenvalue weighted by Crippen LogP contribution is 2.24. The Kier molecular flexibility index (Phi) is 7.65. The third-order valence-corrected chi connectivity index (χ3v) is 8.73. The highest BCUT2D eigenvalue weighted by atomic mass is 35.5. The van der Waals surface area contributed by atoms with Gasteiger partial charge >= 0.3 is 0 Å². The monoisotopic (exact) mass is 498 g/mol. The van der Waals surface area contributed by atoms with Gasteiger partial charge in [0.2, 0.25) is 15.9 Å². The Morgan fingerprint density at radius 1 is 1.16 bits per heavy atom. The normalized spacial score (nSPS) is 18.8. The molecule has 0 radical (unpaired) electrons. The van der Waals surface area contributed by atoms with Gasteiger partial charge in [-0.1, -0.05) is 35.9 Å². The van der Waals surface area contributed by atoms with Crippen LogP contribution in [0.3, 0.4) is 0 Å². The summed E-state index contributed by atoms with van der Waals surface area (Å²) in [4.78, 5) is 13.1. The summed E-state index contributed by atoms with van der Waals surface area (Å²) in [7, 11) is -6.87. The third-order valence-electron chi connectivity index (χ3n) is 5.55. The minimum absolute atomic E-state index is 0.133. The molecule has 32 heavy (non-hydrogen) atoms. The molecule has 1 aliphatic heterocycles. The number of nitrogens with zero attached hydrogens (tertiary/aromatic N) is 1. The molecule has 1 saturated heterocycles. The third kappa shape index (κ3) is 6.31. The van der Waals surface area contributed by atoms with Crippen LogP contribution in [0.4, 0.5) is 0 Å². The molecule has 0 aromatic heterocycles. The molecule has 174 valence electrons. The number of halogens is 1. The second-order valence-corrected chi connectivity index (χ2v) is 12.6. The van der Waals surface area contributed by atoms with Gasteiger partial charge < -0.3 is 5.32 Å². The number of piperidine rings is 1. The van der Waals surface area contributed by atoms with Crippen molar-refractivity contribution in [1.82, 2.24) is 9.62 Å². The number of hydrogen-bond donors (Lipinski definition) is 1. The molecular weight excluding hydrogens is 472 g/mol. The summed E-state index contributed by atoms with van der Waals surface area (Å²) in [6.45, 7) is 2.33. The molecule has 0 bridgehead atoms. The standard InChI is InChI=1S/C22H27ClN2O5S2/c1-16(18-8-10-21(11-9-18)31(2,27)28)24-22(26)19-6-4-12-25(14-19)32(29,30)15-17-5-3-7-20(23)13-17/h3,5,7-11,13,16,19H,4,6,12,14-15H2,1-2H3,(H,24,26)/t16-,19-/m0/s1. The van der Waals surface area contributed by atoms with Crippen LogP contribution in [0.1, 0.15) is 36.9 Å². The number of sulfonamides is 1. The summed E-state index contributed by atoms with van der Waals surface area (Å²) in [6, 6.07) is 12.8. The summed E-state index contributed by atoms with van der Waals surface area (Å²) in [6.07, 6.45) is 2.35. The molecule has 10 heteroatoms. The number of sulfone groups is 1. The average Bonchev–Trinajstić information content (AvgIpc) is 2.73. The molecule has 1 aliphatic rings. The zero-order valence-corrected chi connectivity index (χ0v) is 20.4. The topological polar surface area (TPSA) is 101 Å². The molecular formula is C22H27ClN2O5S2. The van der Waals surface area contributed by atoms with E-state index < -0.39 is 25.8 Å². The summed E-state index contributed by atoms with van der Waals surface area (Å²) >= 11 is 5.96. The van der Waals surface area contributed by atoms with Crippen LogP contribution in [-0.2, 0) is 30.4 Å². The molecule has 2 atom stereocenters. The zero-order chi connectivity index (χ0) is 23.5. The fourth-order valence-corrected chi connectivity index (χ4v) is 6.20. The van der Waals surface area contributed by atoms with Gasteiger partial charge in [-0.2, -0.15) is 0 Å². The molecule has 1 N–H and O–H groups in total. The molecule has 0 unspecified atom stereocenters. The molecule has 7 nitrogen and oxygen atoms in total. The molecule has 1 heterocycles. The summed E-state index contributed by atoms with van der Waals surface area (Å²) in [5.74, 6) is -0.826. The van der Waals surface area contributed by atoms with Gasteiger partial charge in [-0.25, -0.2) is 21.1 Å². The van der Waals surface area contributed by atoms with Gasteiger partial charge in [0, 0.05) is 24.4 Å². The first kappa shape index (κ1) is 24.7. The summed E-state index contributed by atoms with van der Waals surface area (Å²) < 4.78 is 50.4. The molecule has 1 fully saturated rings. The molecule has 2 aromatic carbocycles. The van der Waals surface area contributed by atoms with Crippen LogP contribution < -0.4 is 5.32 Å². The van der Waals surface area contributed by atoms with Crippen LogP contribution >= 0.6 is 11.6 Å². The lowest BCUT2D eigenvalue weighted by atomic mass is 9.98. The smallest absolute Gasteiger partial charge is 0.224 e. The van der Waals surface area contributed by atoms with Crippen LogP contribution in [0.25, 0.3) is 0 Å². The van der Waals surface area contributed by atoms with Crippen molar-refractivity contribution < 1.29 is 21.6 Å². The Bertz CT molecular complexity index is 1180.